The first kappa shape index (κ1) is 12.7. The van der Waals surface area contributed by atoms with Gasteiger partial charge in [-0.2, -0.15) is 0 Å². The number of likely N-dealkylation sites (tertiary alicyclic amines) is 1. The van der Waals surface area contributed by atoms with E-state index < -0.39 is 11.5 Å². The van der Waals surface area contributed by atoms with Crippen LogP contribution in [0.2, 0.25) is 0 Å². The Hall–Kier alpha value is -1.39. The number of imide groups is 1. The lowest BCUT2D eigenvalue weighted by atomic mass is 9.97. The second-order valence-corrected chi connectivity index (χ2v) is 4.71. The maximum absolute atomic E-state index is 11.8. The van der Waals surface area contributed by atoms with Gasteiger partial charge < -0.3 is 5.11 Å². The monoisotopic (exact) mass is 227 g/mol. The van der Waals surface area contributed by atoms with Crippen LogP contribution in [0.4, 0.5) is 0 Å². The quantitative estimate of drug-likeness (QED) is 0.734. The number of nitrogens with zero attached hydrogens (tertiary/aromatic N) is 1. The van der Waals surface area contributed by atoms with Gasteiger partial charge in [-0.25, -0.2) is 0 Å². The summed E-state index contributed by atoms with van der Waals surface area (Å²) in [5, 5.41) is 8.77. The Morgan fingerprint density at radius 2 is 1.69 bits per heavy atom. The lowest BCUT2D eigenvalue weighted by Crippen LogP contribution is -2.51. The van der Waals surface area contributed by atoms with Crippen molar-refractivity contribution in [1.29, 1.82) is 0 Å². The fourth-order valence-electron chi connectivity index (χ4n) is 2.04. The molecular formula is C11H17NO4. The maximum atomic E-state index is 11.8. The van der Waals surface area contributed by atoms with Crippen LogP contribution in [0.5, 0.6) is 0 Å². The Balaban J connectivity index is 2.92. The summed E-state index contributed by atoms with van der Waals surface area (Å²) >= 11 is 0. The Kier molecular flexibility index (Phi) is 3.67. The topological polar surface area (TPSA) is 74.7 Å². The van der Waals surface area contributed by atoms with Crippen LogP contribution >= 0.6 is 0 Å². The highest BCUT2D eigenvalue weighted by Crippen LogP contribution is 2.25. The fraction of sp³-hybridized carbons (Fsp3) is 0.727. The molecule has 0 spiro atoms. The van der Waals surface area contributed by atoms with Crippen LogP contribution < -0.4 is 0 Å². The van der Waals surface area contributed by atoms with Crippen molar-refractivity contribution in [2.24, 2.45) is 0 Å². The normalized spacial score (nSPS) is 18.5. The van der Waals surface area contributed by atoms with E-state index in [4.69, 9.17) is 5.11 Å². The molecule has 0 saturated carbocycles. The van der Waals surface area contributed by atoms with Gasteiger partial charge in [0.1, 0.15) is 0 Å². The minimum Gasteiger partial charge on any atom is -0.481 e. The van der Waals surface area contributed by atoms with E-state index in [1.165, 1.54) is 0 Å². The lowest BCUT2D eigenvalue weighted by Gasteiger charge is -2.35. The summed E-state index contributed by atoms with van der Waals surface area (Å²) in [6.07, 6.45) is 1.84. The third-order valence-corrected chi connectivity index (χ3v) is 2.72. The molecule has 0 radical (unpaired) electrons. The number of amides is 2. The van der Waals surface area contributed by atoms with Gasteiger partial charge in [-0.3, -0.25) is 19.3 Å². The zero-order chi connectivity index (χ0) is 12.3. The van der Waals surface area contributed by atoms with E-state index in [0.29, 0.717) is 25.7 Å². The summed E-state index contributed by atoms with van der Waals surface area (Å²) in [5.41, 5.74) is -0.940. The van der Waals surface area contributed by atoms with E-state index in [2.05, 4.69) is 0 Å². The fourth-order valence-corrected chi connectivity index (χ4v) is 2.04. The van der Waals surface area contributed by atoms with Gasteiger partial charge in [-0.15, -0.1) is 0 Å². The van der Waals surface area contributed by atoms with Crippen molar-refractivity contribution in [3.63, 3.8) is 0 Å². The average Bonchev–Trinajstić information content (AvgIpc) is 2.24. The van der Waals surface area contributed by atoms with Gasteiger partial charge in [-0.05, 0) is 26.7 Å². The predicted molar refractivity (Wildman–Crippen MR) is 56.7 cm³/mol. The highest BCUT2D eigenvalue weighted by molar-refractivity contribution is 5.97. The highest BCUT2D eigenvalue weighted by atomic mass is 16.4. The Morgan fingerprint density at radius 1 is 1.25 bits per heavy atom. The largest absolute Gasteiger partial charge is 0.481 e. The van der Waals surface area contributed by atoms with Crippen LogP contribution in [-0.4, -0.2) is 33.3 Å². The summed E-state index contributed by atoms with van der Waals surface area (Å²) in [6.45, 7) is 3.23. The first-order valence-electron chi connectivity index (χ1n) is 5.42. The van der Waals surface area contributed by atoms with Crippen molar-refractivity contribution in [3.05, 3.63) is 0 Å². The molecule has 0 atom stereocenters. The first-order chi connectivity index (χ1) is 7.34. The Bertz CT molecular complexity index is 304. The van der Waals surface area contributed by atoms with E-state index in [-0.39, 0.29) is 18.2 Å². The zero-order valence-electron chi connectivity index (χ0n) is 9.65. The number of aliphatic carboxylic acids is 1. The van der Waals surface area contributed by atoms with Crippen LogP contribution in [0, 0.1) is 0 Å². The molecule has 1 fully saturated rings. The molecular weight excluding hydrogens is 210 g/mol. The molecule has 1 N–H and O–H groups in total. The standard InChI is InChI=1S/C11H17NO4/c1-11(2,7-10(15)16)12-8(13)5-3-4-6-9(12)14/h3-7H2,1-2H3,(H,15,16). The molecule has 0 aromatic rings. The number of carbonyl (C=O) groups excluding carboxylic acids is 2. The smallest absolute Gasteiger partial charge is 0.305 e. The van der Waals surface area contributed by atoms with E-state index in [1.807, 2.05) is 0 Å². The summed E-state index contributed by atoms with van der Waals surface area (Å²) in [6, 6.07) is 0. The molecule has 0 aliphatic carbocycles. The van der Waals surface area contributed by atoms with E-state index in [0.717, 1.165) is 4.90 Å². The molecule has 16 heavy (non-hydrogen) atoms. The van der Waals surface area contributed by atoms with Crippen LogP contribution in [-0.2, 0) is 14.4 Å². The van der Waals surface area contributed by atoms with Gasteiger partial charge in [0, 0.05) is 12.8 Å². The molecule has 0 bridgehead atoms. The number of rotatable bonds is 3. The number of hydrogen-bond acceptors (Lipinski definition) is 3. The van der Waals surface area contributed by atoms with Gasteiger partial charge in [0.15, 0.2) is 0 Å². The number of carboxylic acids is 1. The Morgan fingerprint density at radius 3 is 2.06 bits per heavy atom. The van der Waals surface area contributed by atoms with Crippen molar-refractivity contribution in [2.45, 2.75) is 51.5 Å². The van der Waals surface area contributed by atoms with Gasteiger partial charge in [-0.1, -0.05) is 0 Å². The zero-order valence-corrected chi connectivity index (χ0v) is 9.65. The van der Waals surface area contributed by atoms with Crippen LogP contribution in [0.3, 0.4) is 0 Å². The molecule has 1 aliphatic rings. The highest BCUT2D eigenvalue weighted by Gasteiger charge is 2.38. The second kappa shape index (κ2) is 4.63. The lowest BCUT2D eigenvalue weighted by molar-refractivity contribution is -0.152. The molecule has 0 aromatic carbocycles. The van der Waals surface area contributed by atoms with Crippen molar-refractivity contribution in [3.8, 4) is 0 Å². The summed E-state index contributed by atoms with van der Waals surface area (Å²) < 4.78 is 0. The van der Waals surface area contributed by atoms with Crippen molar-refractivity contribution < 1.29 is 19.5 Å². The number of carboxylic acid groups (broad SMARTS) is 1. The van der Waals surface area contributed by atoms with E-state index >= 15 is 0 Å². The Labute approximate surface area is 94.4 Å². The van der Waals surface area contributed by atoms with E-state index in [9.17, 15) is 14.4 Å². The maximum Gasteiger partial charge on any atom is 0.305 e. The molecule has 0 aromatic heterocycles. The first-order valence-corrected chi connectivity index (χ1v) is 5.42. The van der Waals surface area contributed by atoms with Gasteiger partial charge >= 0.3 is 5.97 Å². The SMILES string of the molecule is CC(C)(CC(=O)O)N1C(=O)CCCCC1=O. The van der Waals surface area contributed by atoms with Gasteiger partial charge in [0.2, 0.25) is 11.8 Å². The number of carbonyl (C=O) groups is 3. The average molecular weight is 227 g/mol. The van der Waals surface area contributed by atoms with Crippen LogP contribution in [0.1, 0.15) is 46.0 Å². The van der Waals surface area contributed by atoms with Crippen molar-refractivity contribution in [2.75, 3.05) is 0 Å². The van der Waals surface area contributed by atoms with Gasteiger partial charge in [0.05, 0.1) is 12.0 Å². The third kappa shape index (κ3) is 2.81. The predicted octanol–water partition coefficient (Wildman–Crippen LogP) is 1.17. The molecule has 1 heterocycles. The summed E-state index contributed by atoms with van der Waals surface area (Å²) in [4.78, 5) is 35.4. The van der Waals surface area contributed by atoms with Crippen molar-refractivity contribution >= 4 is 17.8 Å². The van der Waals surface area contributed by atoms with Crippen LogP contribution in [0.15, 0.2) is 0 Å². The molecule has 1 rings (SSSR count). The molecule has 1 saturated heterocycles. The molecule has 1 aliphatic heterocycles. The van der Waals surface area contributed by atoms with Crippen LogP contribution in [0.25, 0.3) is 0 Å². The minimum absolute atomic E-state index is 0.218. The van der Waals surface area contributed by atoms with Gasteiger partial charge in [0.25, 0.3) is 0 Å². The molecule has 5 nitrogen and oxygen atoms in total. The summed E-state index contributed by atoms with van der Waals surface area (Å²) in [7, 11) is 0. The second-order valence-electron chi connectivity index (χ2n) is 4.71. The molecule has 2 amide bonds. The van der Waals surface area contributed by atoms with E-state index in [1.54, 1.807) is 13.8 Å². The minimum atomic E-state index is -1.00. The number of hydrogen-bond donors (Lipinski definition) is 1. The van der Waals surface area contributed by atoms with Crippen molar-refractivity contribution in [1.82, 2.24) is 4.90 Å². The molecule has 90 valence electrons. The molecule has 5 heteroatoms. The molecule has 0 unspecified atom stereocenters. The summed E-state index contributed by atoms with van der Waals surface area (Å²) in [5.74, 6) is -1.52. The third-order valence-electron chi connectivity index (χ3n) is 2.72.